The van der Waals surface area contributed by atoms with Gasteiger partial charge in [0.25, 0.3) is 0 Å². The summed E-state index contributed by atoms with van der Waals surface area (Å²) in [5.41, 5.74) is 6.79. The lowest BCUT2D eigenvalue weighted by atomic mass is 9.97. The molecule has 1 aliphatic rings. The van der Waals surface area contributed by atoms with Crippen LogP contribution in [0, 0.1) is 13.8 Å². The van der Waals surface area contributed by atoms with E-state index in [-0.39, 0.29) is 0 Å². The highest BCUT2D eigenvalue weighted by molar-refractivity contribution is 5.62. The highest BCUT2D eigenvalue weighted by Crippen LogP contribution is 2.25. The van der Waals surface area contributed by atoms with Crippen molar-refractivity contribution in [3.63, 3.8) is 0 Å². The van der Waals surface area contributed by atoms with Crippen LogP contribution >= 0.6 is 0 Å². The molecule has 3 rings (SSSR count). The molecule has 1 aromatic heterocycles. The lowest BCUT2D eigenvalue weighted by Gasteiger charge is -2.33. The molecule has 0 spiro atoms. The number of aromatic amines is 1. The molecule has 0 bridgehead atoms. The van der Waals surface area contributed by atoms with Crippen molar-refractivity contribution in [1.29, 1.82) is 0 Å². The van der Waals surface area contributed by atoms with Gasteiger partial charge < -0.3 is 9.88 Å². The largest absolute Gasteiger partial charge is 0.361 e. The maximum Gasteiger partial charge on any atom is 0.0454 e. The van der Waals surface area contributed by atoms with Gasteiger partial charge in [0, 0.05) is 44.6 Å². The van der Waals surface area contributed by atoms with E-state index in [0.717, 1.165) is 6.54 Å². The molecular weight excluding hydrogens is 258 g/mol. The summed E-state index contributed by atoms with van der Waals surface area (Å²) in [5, 5.41) is 0. The Morgan fingerprint density at radius 2 is 1.71 bits per heavy atom. The van der Waals surface area contributed by atoms with Crippen molar-refractivity contribution in [2.24, 2.45) is 0 Å². The molecule has 3 heteroatoms. The van der Waals surface area contributed by atoms with Crippen LogP contribution in [0.25, 0.3) is 11.3 Å². The first-order valence-electron chi connectivity index (χ1n) is 7.78. The fourth-order valence-electron chi connectivity index (χ4n) is 3.14. The zero-order chi connectivity index (χ0) is 14.8. The molecule has 1 aromatic carbocycles. The molecule has 0 amide bonds. The van der Waals surface area contributed by atoms with Crippen molar-refractivity contribution in [2.45, 2.75) is 20.4 Å². The highest BCUT2D eigenvalue weighted by Gasteiger charge is 2.16. The van der Waals surface area contributed by atoms with Crippen molar-refractivity contribution in [2.75, 3.05) is 33.2 Å². The number of nitrogens with zero attached hydrogens (tertiary/aromatic N) is 2. The Morgan fingerprint density at radius 3 is 2.29 bits per heavy atom. The summed E-state index contributed by atoms with van der Waals surface area (Å²) in [6, 6.07) is 8.81. The summed E-state index contributed by atoms with van der Waals surface area (Å²) < 4.78 is 0. The van der Waals surface area contributed by atoms with Gasteiger partial charge in [-0.15, -0.1) is 0 Å². The molecule has 2 aromatic rings. The van der Waals surface area contributed by atoms with Crippen LogP contribution in [0.15, 0.2) is 30.5 Å². The Morgan fingerprint density at radius 1 is 1.05 bits per heavy atom. The first-order chi connectivity index (χ1) is 10.1. The van der Waals surface area contributed by atoms with Gasteiger partial charge in [0.2, 0.25) is 0 Å². The van der Waals surface area contributed by atoms with Crippen LogP contribution in [0.3, 0.4) is 0 Å². The van der Waals surface area contributed by atoms with Crippen molar-refractivity contribution >= 4 is 0 Å². The molecule has 0 aliphatic carbocycles. The summed E-state index contributed by atoms with van der Waals surface area (Å²) in [6.45, 7) is 10.3. The minimum Gasteiger partial charge on any atom is -0.361 e. The van der Waals surface area contributed by atoms with Gasteiger partial charge in [-0.3, -0.25) is 4.90 Å². The molecule has 21 heavy (non-hydrogen) atoms. The molecule has 0 atom stereocenters. The molecule has 0 saturated carbocycles. The zero-order valence-electron chi connectivity index (χ0n) is 13.3. The molecule has 1 saturated heterocycles. The van der Waals surface area contributed by atoms with Crippen LogP contribution in [0.5, 0.6) is 0 Å². The average molecular weight is 283 g/mol. The normalized spacial score (nSPS) is 17.3. The maximum absolute atomic E-state index is 3.30. The number of likely N-dealkylation sites (N-methyl/N-ethyl adjacent to an activating group) is 1. The summed E-state index contributed by atoms with van der Waals surface area (Å²) >= 11 is 0. The van der Waals surface area contributed by atoms with Crippen LogP contribution in [-0.4, -0.2) is 48.0 Å². The van der Waals surface area contributed by atoms with E-state index >= 15 is 0 Å². The number of aryl methyl sites for hydroxylation is 2. The molecule has 2 heterocycles. The Bertz CT molecular complexity index is 570. The zero-order valence-corrected chi connectivity index (χ0v) is 13.3. The number of H-pyrrole nitrogens is 1. The Kier molecular flexibility index (Phi) is 4.13. The van der Waals surface area contributed by atoms with E-state index < -0.39 is 0 Å². The van der Waals surface area contributed by atoms with Crippen LogP contribution < -0.4 is 0 Å². The second-order valence-corrected chi connectivity index (χ2v) is 6.25. The molecule has 0 radical (unpaired) electrons. The number of piperazine rings is 1. The van der Waals surface area contributed by atoms with Gasteiger partial charge in [0.05, 0.1) is 0 Å². The van der Waals surface area contributed by atoms with Gasteiger partial charge in [-0.05, 0) is 67.4 Å². The van der Waals surface area contributed by atoms with E-state index in [1.165, 1.54) is 54.1 Å². The van der Waals surface area contributed by atoms with Gasteiger partial charge in [0.1, 0.15) is 0 Å². The van der Waals surface area contributed by atoms with Crippen LogP contribution in [0.2, 0.25) is 0 Å². The van der Waals surface area contributed by atoms with Gasteiger partial charge >= 0.3 is 0 Å². The smallest absolute Gasteiger partial charge is 0.0454 e. The van der Waals surface area contributed by atoms with Crippen molar-refractivity contribution in [3.05, 3.63) is 47.2 Å². The van der Waals surface area contributed by atoms with E-state index in [4.69, 9.17) is 0 Å². The van der Waals surface area contributed by atoms with Gasteiger partial charge in [-0.2, -0.15) is 0 Å². The molecule has 0 unspecified atom stereocenters. The second-order valence-electron chi connectivity index (χ2n) is 6.25. The average Bonchev–Trinajstić information content (AvgIpc) is 2.99. The predicted octanol–water partition coefficient (Wildman–Crippen LogP) is 3.05. The van der Waals surface area contributed by atoms with Gasteiger partial charge in [0.15, 0.2) is 0 Å². The van der Waals surface area contributed by atoms with E-state index in [1.54, 1.807) is 0 Å². The van der Waals surface area contributed by atoms with Crippen LogP contribution in [0.4, 0.5) is 0 Å². The molecule has 3 nitrogen and oxygen atoms in total. The summed E-state index contributed by atoms with van der Waals surface area (Å²) in [7, 11) is 2.21. The van der Waals surface area contributed by atoms with Gasteiger partial charge in [-0.1, -0.05) is 0 Å². The second kappa shape index (κ2) is 6.04. The van der Waals surface area contributed by atoms with Crippen molar-refractivity contribution in [1.82, 2.24) is 14.8 Å². The van der Waals surface area contributed by atoms with Gasteiger partial charge in [-0.25, -0.2) is 0 Å². The highest BCUT2D eigenvalue weighted by atomic mass is 15.2. The SMILES string of the molecule is Cc1cc(-c2ccc[nH]2)cc(C)c1CN1CCN(C)CC1. The van der Waals surface area contributed by atoms with Crippen LogP contribution in [-0.2, 0) is 6.54 Å². The third-order valence-electron chi connectivity index (χ3n) is 4.58. The predicted molar refractivity (Wildman–Crippen MR) is 88.5 cm³/mol. The topological polar surface area (TPSA) is 22.3 Å². The molecule has 1 N–H and O–H groups in total. The third kappa shape index (κ3) is 3.20. The Labute approximate surface area is 127 Å². The van der Waals surface area contributed by atoms with E-state index in [1.807, 2.05) is 6.20 Å². The summed E-state index contributed by atoms with van der Waals surface area (Å²) in [4.78, 5) is 8.28. The quantitative estimate of drug-likeness (QED) is 0.935. The van der Waals surface area contributed by atoms with E-state index in [9.17, 15) is 0 Å². The van der Waals surface area contributed by atoms with E-state index in [0.29, 0.717) is 0 Å². The number of rotatable bonds is 3. The fourth-order valence-corrected chi connectivity index (χ4v) is 3.14. The molecule has 112 valence electrons. The lowest BCUT2D eigenvalue weighted by molar-refractivity contribution is 0.148. The number of benzene rings is 1. The number of hydrogen-bond acceptors (Lipinski definition) is 2. The van der Waals surface area contributed by atoms with Crippen molar-refractivity contribution in [3.8, 4) is 11.3 Å². The number of nitrogens with one attached hydrogen (secondary N) is 1. The molecule has 1 aliphatic heterocycles. The molecule has 1 fully saturated rings. The Hall–Kier alpha value is -1.58. The monoisotopic (exact) mass is 283 g/mol. The standard InChI is InChI=1S/C18H25N3/c1-14-11-16(18-5-4-6-19-18)12-15(2)17(14)13-21-9-7-20(3)8-10-21/h4-6,11-12,19H,7-10,13H2,1-3H3. The number of hydrogen-bond donors (Lipinski definition) is 1. The number of aromatic nitrogens is 1. The minimum atomic E-state index is 1.08. The summed E-state index contributed by atoms with van der Waals surface area (Å²) in [6.07, 6.45) is 1.98. The molecular formula is C18H25N3. The van der Waals surface area contributed by atoms with Crippen LogP contribution in [0.1, 0.15) is 16.7 Å². The summed E-state index contributed by atoms with van der Waals surface area (Å²) in [5.74, 6) is 0. The Balaban J connectivity index is 1.80. The first kappa shape index (κ1) is 14.4. The lowest BCUT2D eigenvalue weighted by Crippen LogP contribution is -2.44. The maximum atomic E-state index is 3.30. The van der Waals surface area contributed by atoms with Crippen molar-refractivity contribution < 1.29 is 0 Å². The first-order valence-corrected chi connectivity index (χ1v) is 7.78. The third-order valence-corrected chi connectivity index (χ3v) is 4.58. The fraction of sp³-hybridized carbons (Fsp3) is 0.444. The minimum absolute atomic E-state index is 1.08. The van der Waals surface area contributed by atoms with E-state index in [2.05, 4.69) is 59.9 Å².